The number of benzene rings is 3. The number of anilines is 1. The molecule has 2 heterocycles. The molecule has 34 heavy (non-hydrogen) atoms. The number of para-hydroxylation sites is 1. The molecule has 2 spiro atoms. The monoisotopic (exact) mass is 442 g/mol. The van der Waals surface area contributed by atoms with E-state index in [4.69, 9.17) is 6.42 Å². The summed E-state index contributed by atoms with van der Waals surface area (Å²) >= 11 is 0. The fourth-order valence-electron chi connectivity index (χ4n) is 6.82. The molecule has 2 aliphatic heterocycles. The number of carbonyl (C=O) groups is 2. The van der Waals surface area contributed by atoms with Crippen molar-refractivity contribution >= 4 is 28.2 Å². The van der Waals surface area contributed by atoms with Crippen molar-refractivity contribution in [3.8, 4) is 24.5 Å². The van der Waals surface area contributed by atoms with Gasteiger partial charge in [0.05, 0.1) is 24.4 Å². The zero-order chi connectivity index (χ0) is 23.9. The number of carbonyl (C=O) groups excluding carboxylic acids is 2. The van der Waals surface area contributed by atoms with Crippen LogP contribution in [0.2, 0.25) is 0 Å². The third-order valence-electron chi connectivity index (χ3n) is 7.89. The van der Waals surface area contributed by atoms with Crippen LogP contribution in [-0.4, -0.2) is 36.7 Å². The summed E-state index contributed by atoms with van der Waals surface area (Å²) in [5, 5.41) is 22.6. The molecule has 0 aromatic heterocycles. The molecule has 1 amide bonds. The molecule has 1 saturated heterocycles. The van der Waals surface area contributed by atoms with Gasteiger partial charge in [-0.1, -0.05) is 60.5 Å². The van der Waals surface area contributed by atoms with Crippen LogP contribution >= 0.6 is 0 Å². The third-order valence-corrected chi connectivity index (χ3v) is 7.89. The zero-order valence-corrected chi connectivity index (χ0v) is 18.4. The highest BCUT2D eigenvalue weighted by atomic mass is 16.2. The van der Waals surface area contributed by atoms with Crippen LogP contribution in [0.15, 0.2) is 60.7 Å². The smallest absolute Gasteiger partial charge is 0.254 e. The molecular formula is C28H18N4O2. The second kappa shape index (κ2) is 6.33. The van der Waals surface area contributed by atoms with Crippen molar-refractivity contribution in [1.82, 2.24) is 4.90 Å². The fraction of sp³-hybridized carbons (Fsp3) is 0.214. The van der Waals surface area contributed by atoms with E-state index in [1.54, 1.807) is 42.3 Å². The zero-order valence-electron chi connectivity index (χ0n) is 18.4. The van der Waals surface area contributed by atoms with Gasteiger partial charge in [0.2, 0.25) is 0 Å². The number of amides is 1. The van der Waals surface area contributed by atoms with Gasteiger partial charge in [-0.05, 0) is 29.4 Å². The van der Waals surface area contributed by atoms with Crippen molar-refractivity contribution in [3.05, 3.63) is 77.4 Å². The van der Waals surface area contributed by atoms with E-state index in [-0.39, 0.29) is 24.8 Å². The SMILES string of the molecule is C#CCN1C(=O)[C@@]2(c3ccccc31)N(C)CC(C#N)(C#N)[C@]21C(=O)c2cccc3cccc1c23. The van der Waals surface area contributed by atoms with Crippen molar-refractivity contribution in [1.29, 1.82) is 10.5 Å². The summed E-state index contributed by atoms with van der Waals surface area (Å²) in [4.78, 5) is 32.3. The average Bonchev–Trinajstić information content (AvgIpc) is 3.37. The lowest BCUT2D eigenvalue weighted by molar-refractivity contribution is -0.130. The Bertz CT molecular complexity index is 1570. The molecule has 6 nitrogen and oxygen atoms in total. The molecule has 1 aliphatic carbocycles. The minimum atomic E-state index is -1.80. The van der Waals surface area contributed by atoms with Gasteiger partial charge in [0, 0.05) is 17.7 Å². The van der Waals surface area contributed by atoms with E-state index in [9.17, 15) is 20.1 Å². The first-order valence-corrected chi connectivity index (χ1v) is 10.9. The Hall–Kier alpha value is -4.44. The second-order valence-corrected chi connectivity index (χ2v) is 9.10. The number of ketones is 1. The number of likely N-dealkylation sites (tertiary alicyclic amines) is 1. The van der Waals surface area contributed by atoms with Gasteiger partial charge in [-0.25, -0.2) is 0 Å². The van der Waals surface area contributed by atoms with E-state index in [0.717, 1.165) is 5.39 Å². The van der Waals surface area contributed by atoms with Crippen LogP contribution in [0.1, 0.15) is 21.5 Å². The summed E-state index contributed by atoms with van der Waals surface area (Å²) < 4.78 is 0. The summed E-state index contributed by atoms with van der Waals surface area (Å²) in [7, 11) is 1.71. The minimum Gasteiger partial charge on any atom is -0.298 e. The van der Waals surface area contributed by atoms with Gasteiger partial charge in [0.15, 0.2) is 11.2 Å². The van der Waals surface area contributed by atoms with Crippen LogP contribution in [0.25, 0.3) is 10.8 Å². The van der Waals surface area contributed by atoms with Gasteiger partial charge >= 0.3 is 0 Å². The predicted molar refractivity (Wildman–Crippen MR) is 126 cm³/mol. The number of hydrogen-bond donors (Lipinski definition) is 0. The van der Waals surface area contributed by atoms with Crippen molar-refractivity contribution < 1.29 is 9.59 Å². The van der Waals surface area contributed by atoms with Crippen LogP contribution in [0.3, 0.4) is 0 Å². The molecule has 0 unspecified atom stereocenters. The van der Waals surface area contributed by atoms with Crippen molar-refractivity contribution in [2.45, 2.75) is 11.0 Å². The topological polar surface area (TPSA) is 88.2 Å². The Morgan fingerprint density at radius 1 is 0.971 bits per heavy atom. The minimum absolute atomic E-state index is 0.0129. The number of hydrogen-bond acceptors (Lipinski definition) is 5. The maximum atomic E-state index is 14.6. The van der Waals surface area contributed by atoms with Crippen LogP contribution in [0.5, 0.6) is 0 Å². The highest BCUT2D eigenvalue weighted by Gasteiger charge is 2.83. The Labute approximate surface area is 196 Å². The fourth-order valence-corrected chi connectivity index (χ4v) is 6.82. The average molecular weight is 442 g/mol. The maximum absolute atomic E-state index is 14.6. The van der Waals surface area contributed by atoms with E-state index < -0.39 is 16.4 Å². The first-order chi connectivity index (χ1) is 16.5. The maximum Gasteiger partial charge on any atom is 0.254 e. The van der Waals surface area contributed by atoms with Gasteiger partial charge in [0.25, 0.3) is 5.91 Å². The highest BCUT2D eigenvalue weighted by Crippen LogP contribution is 2.69. The van der Waals surface area contributed by atoms with Crippen LogP contribution in [0, 0.1) is 40.4 Å². The third kappa shape index (κ3) is 1.78. The molecule has 3 aromatic carbocycles. The summed E-state index contributed by atoms with van der Waals surface area (Å²) in [6.45, 7) is -0.0565. The number of terminal acetylenes is 1. The Morgan fingerprint density at radius 2 is 1.65 bits per heavy atom. The molecule has 3 aromatic rings. The number of Topliss-reactive ketones (excluding diaryl/α,β-unsaturated/α-hetero) is 1. The summed E-state index contributed by atoms with van der Waals surface area (Å²) in [6.07, 6.45) is 5.63. The lowest BCUT2D eigenvalue weighted by Gasteiger charge is -2.44. The second-order valence-electron chi connectivity index (χ2n) is 9.10. The largest absolute Gasteiger partial charge is 0.298 e. The molecule has 3 aliphatic rings. The molecular weight excluding hydrogens is 424 g/mol. The van der Waals surface area contributed by atoms with Gasteiger partial charge in [0.1, 0.15) is 11.0 Å². The molecule has 2 atom stereocenters. The van der Waals surface area contributed by atoms with E-state index >= 15 is 0 Å². The summed E-state index contributed by atoms with van der Waals surface area (Å²) in [5.74, 6) is 1.78. The van der Waals surface area contributed by atoms with Crippen LogP contribution in [0.4, 0.5) is 5.69 Å². The molecule has 0 saturated carbocycles. The standard InChI is InChI=1S/C28H18N4O2/c1-3-14-32-22-13-5-4-11-20(22)28(25(32)34)27(26(15-29,16-30)17-31(28)2)21-12-7-9-18-8-6-10-19(23(18)21)24(27)33/h1,4-13H,14,17H2,2H3/t27-,28+/m0/s1. The van der Waals surface area contributed by atoms with E-state index in [1.807, 2.05) is 30.3 Å². The van der Waals surface area contributed by atoms with Gasteiger partial charge in [-0.3, -0.25) is 19.4 Å². The molecule has 6 heteroatoms. The Morgan fingerprint density at radius 3 is 2.35 bits per heavy atom. The van der Waals surface area contributed by atoms with Crippen molar-refractivity contribution in [2.75, 3.05) is 25.0 Å². The quantitative estimate of drug-likeness (QED) is 0.541. The molecule has 162 valence electrons. The predicted octanol–water partition coefficient (Wildman–Crippen LogP) is 3.13. The first kappa shape index (κ1) is 20.2. The van der Waals surface area contributed by atoms with Gasteiger partial charge in [-0.15, -0.1) is 6.42 Å². The van der Waals surface area contributed by atoms with E-state index in [0.29, 0.717) is 27.8 Å². The number of nitriles is 2. The van der Waals surface area contributed by atoms with Crippen molar-refractivity contribution in [3.63, 3.8) is 0 Å². The number of nitrogens with zero attached hydrogens (tertiary/aromatic N) is 4. The lowest BCUT2D eigenvalue weighted by atomic mass is 9.53. The van der Waals surface area contributed by atoms with Gasteiger partial charge < -0.3 is 0 Å². The number of likely N-dealkylation sites (N-methyl/N-ethyl adjacent to an activating group) is 1. The van der Waals surface area contributed by atoms with E-state index in [2.05, 4.69) is 18.1 Å². The lowest BCUT2D eigenvalue weighted by Crippen LogP contribution is -2.63. The molecule has 1 fully saturated rings. The summed E-state index contributed by atoms with van der Waals surface area (Å²) in [6, 6.07) is 22.6. The molecule has 0 bridgehead atoms. The molecule has 0 N–H and O–H groups in total. The molecule has 0 radical (unpaired) electrons. The first-order valence-electron chi connectivity index (χ1n) is 10.9. The van der Waals surface area contributed by atoms with Gasteiger partial charge in [-0.2, -0.15) is 10.5 Å². The molecule has 6 rings (SSSR count). The number of rotatable bonds is 1. The summed E-state index contributed by atoms with van der Waals surface area (Å²) in [5.41, 5.74) is -3.01. The highest BCUT2D eigenvalue weighted by molar-refractivity contribution is 6.26. The Balaban J connectivity index is 1.85. The number of fused-ring (bicyclic) bond motifs is 4. The van der Waals surface area contributed by atoms with Crippen molar-refractivity contribution in [2.24, 2.45) is 5.41 Å². The van der Waals surface area contributed by atoms with Crippen LogP contribution in [-0.2, 0) is 15.7 Å². The Kier molecular flexibility index (Phi) is 3.76. The normalized spacial score (nSPS) is 26.1. The van der Waals surface area contributed by atoms with E-state index in [1.165, 1.54) is 4.90 Å². The van der Waals surface area contributed by atoms with Crippen LogP contribution < -0.4 is 4.90 Å².